The molecule has 0 heterocycles. The van der Waals surface area contributed by atoms with Crippen molar-refractivity contribution in [1.29, 1.82) is 0 Å². The molecule has 7 nitrogen and oxygen atoms in total. The van der Waals surface area contributed by atoms with Gasteiger partial charge in [-0.1, -0.05) is 26.0 Å². The second-order valence-corrected chi connectivity index (χ2v) is 5.49. The fraction of sp³-hybridized carbons (Fsp3) is 0.438. The number of nitrogens with one attached hydrogen (secondary N) is 1. The van der Waals surface area contributed by atoms with Crippen molar-refractivity contribution in [1.82, 2.24) is 5.32 Å². The van der Waals surface area contributed by atoms with Gasteiger partial charge in [0.25, 0.3) is 0 Å². The minimum Gasteiger partial charge on any atom is -0.479 e. The highest BCUT2D eigenvalue weighted by molar-refractivity contribution is 6.01. The Bertz CT molecular complexity index is 565. The molecule has 1 rings (SSSR count). The van der Waals surface area contributed by atoms with Crippen LogP contribution in [0.4, 0.5) is 5.69 Å². The van der Waals surface area contributed by atoms with Gasteiger partial charge in [0.05, 0.1) is 5.41 Å². The number of carboxylic acids is 2. The van der Waals surface area contributed by atoms with E-state index in [2.05, 4.69) is 5.32 Å². The Labute approximate surface area is 134 Å². The van der Waals surface area contributed by atoms with Crippen LogP contribution >= 0.6 is 0 Å². The summed E-state index contributed by atoms with van der Waals surface area (Å²) < 4.78 is 0. The lowest BCUT2D eigenvalue weighted by Gasteiger charge is -2.31. The van der Waals surface area contributed by atoms with Crippen molar-refractivity contribution in [3.63, 3.8) is 0 Å². The van der Waals surface area contributed by atoms with Crippen LogP contribution < -0.4 is 11.1 Å². The Hall–Kier alpha value is -2.57. The van der Waals surface area contributed by atoms with E-state index in [-0.39, 0.29) is 0 Å². The van der Waals surface area contributed by atoms with Crippen LogP contribution in [0, 0.1) is 5.41 Å². The molecule has 126 valence electrons. The SMILES string of the molecule is CCC(CC)(Cc1ccc(N)cc1)C(=O)NC(C(=O)O)C(=O)O. The summed E-state index contributed by atoms with van der Waals surface area (Å²) in [7, 11) is 0. The van der Waals surface area contributed by atoms with E-state index in [1.165, 1.54) is 0 Å². The Balaban J connectivity index is 3.02. The second kappa shape index (κ2) is 7.62. The molecule has 0 atom stereocenters. The highest BCUT2D eigenvalue weighted by Crippen LogP contribution is 2.32. The smallest absolute Gasteiger partial charge is 0.338 e. The number of aliphatic carboxylic acids is 2. The number of anilines is 1. The van der Waals surface area contributed by atoms with Crippen LogP contribution in [0.25, 0.3) is 0 Å². The number of nitrogens with two attached hydrogens (primary N) is 1. The van der Waals surface area contributed by atoms with Gasteiger partial charge in [-0.15, -0.1) is 0 Å². The molecule has 23 heavy (non-hydrogen) atoms. The Morgan fingerprint density at radius 3 is 1.96 bits per heavy atom. The third kappa shape index (κ3) is 4.45. The van der Waals surface area contributed by atoms with Gasteiger partial charge in [0.15, 0.2) is 0 Å². The zero-order valence-corrected chi connectivity index (χ0v) is 13.2. The summed E-state index contributed by atoms with van der Waals surface area (Å²) in [5.74, 6) is -3.77. The first-order valence-corrected chi connectivity index (χ1v) is 7.36. The number of hydrogen-bond acceptors (Lipinski definition) is 4. The van der Waals surface area contributed by atoms with Crippen molar-refractivity contribution in [2.24, 2.45) is 5.41 Å². The molecule has 0 aliphatic carbocycles. The molecule has 7 heteroatoms. The van der Waals surface area contributed by atoms with E-state index < -0.39 is 29.3 Å². The fourth-order valence-corrected chi connectivity index (χ4v) is 2.44. The average Bonchev–Trinajstić information content (AvgIpc) is 2.51. The zero-order valence-electron chi connectivity index (χ0n) is 13.2. The largest absolute Gasteiger partial charge is 0.479 e. The van der Waals surface area contributed by atoms with Gasteiger partial charge in [-0.3, -0.25) is 4.79 Å². The number of amides is 1. The minimum absolute atomic E-state index is 0.373. The van der Waals surface area contributed by atoms with E-state index in [0.717, 1.165) is 5.56 Å². The maximum absolute atomic E-state index is 12.6. The van der Waals surface area contributed by atoms with Crippen molar-refractivity contribution in [2.45, 2.75) is 39.2 Å². The number of carbonyl (C=O) groups excluding carboxylic acids is 1. The Morgan fingerprint density at radius 1 is 1.09 bits per heavy atom. The Kier molecular flexibility index (Phi) is 6.12. The number of rotatable bonds is 8. The molecular formula is C16H22N2O5. The molecule has 0 radical (unpaired) electrons. The highest BCUT2D eigenvalue weighted by Gasteiger charge is 2.39. The molecule has 1 aromatic rings. The van der Waals surface area contributed by atoms with Gasteiger partial charge in [0.1, 0.15) is 0 Å². The topological polar surface area (TPSA) is 130 Å². The van der Waals surface area contributed by atoms with Crippen LogP contribution in [0.3, 0.4) is 0 Å². The standard InChI is InChI=1S/C16H22N2O5/c1-3-16(4-2,9-10-5-7-11(17)8-6-10)15(23)18-12(13(19)20)14(21)22/h5-8,12H,3-4,9,17H2,1-2H3,(H,18,23)(H,19,20)(H,21,22). The van der Waals surface area contributed by atoms with Crippen LogP contribution in [0.2, 0.25) is 0 Å². The van der Waals surface area contributed by atoms with Crippen LogP contribution in [-0.4, -0.2) is 34.1 Å². The summed E-state index contributed by atoms with van der Waals surface area (Å²) in [5, 5.41) is 20.0. The molecule has 0 aliphatic rings. The van der Waals surface area contributed by atoms with E-state index in [1.807, 2.05) is 13.8 Å². The number of carbonyl (C=O) groups is 3. The van der Waals surface area contributed by atoms with Crippen LogP contribution in [-0.2, 0) is 20.8 Å². The van der Waals surface area contributed by atoms with Crippen LogP contribution in [0.5, 0.6) is 0 Å². The van der Waals surface area contributed by atoms with Gasteiger partial charge in [-0.2, -0.15) is 0 Å². The molecule has 0 spiro atoms. The summed E-state index contributed by atoms with van der Waals surface area (Å²) in [6.07, 6.45) is 1.27. The van der Waals surface area contributed by atoms with Gasteiger partial charge in [0.2, 0.25) is 11.9 Å². The molecule has 0 aliphatic heterocycles. The minimum atomic E-state index is -1.95. The third-order valence-corrected chi connectivity index (χ3v) is 4.13. The third-order valence-electron chi connectivity index (χ3n) is 4.13. The van der Waals surface area contributed by atoms with E-state index in [4.69, 9.17) is 15.9 Å². The molecule has 0 bridgehead atoms. The van der Waals surface area contributed by atoms with E-state index in [9.17, 15) is 14.4 Å². The molecule has 0 saturated heterocycles. The van der Waals surface area contributed by atoms with Gasteiger partial charge in [-0.25, -0.2) is 9.59 Å². The number of carboxylic acid groups (broad SMARTS) is 2. The summed E-state index contributed by atoms with van der Waals surface area (Å²) in [6, 6.07) is 5.09. The quantitative estimate of drug-likeness (QED) is 0.421. The molecule has 1 aromatic carbocycles. The van der Waals surface area contributed by atoms with Crippen LogP contribution in [0.1, 0.15) is 32.3 Å². The molecule has 0 aromatic heterocycles. The van der Waals surface area contributed by atoms with Crippen molar-refractivity contribution in [2.75, 3.05) is 5.73 Å². The summed E-state index contributed by atoms with van der Waals surface area (Å²) in [5.41, 5.74) is 6.24. The van der Waals surface area contributed by atoms with Crippen molar-refractivity contribution in [3.05, 3.63) is 29.8 Å². The van der Waals surface area contributed by atoms with E-state index in [0.29, 0.717) is 24.9 Å². The zero-order chi connectivity index (χ0) is 17.6. The maximum atomic E-state index is 12.6. The molecule has 1 amide bonds. The average molecular weight is 322 g/mol. The van der Waals surface area contributed by atoms with E-state index in [1.54, 1.807) is 24.3 Å². The molecule has 5 N–H and O–H groups in total. The molecule has 0 saturated carbocycles. The maximum Gasteiger partial charge on any atom is 0.338 e. The predicted octanol–water partition coefficient (Wildman–Crippen LogP) is 1.27. The number of nitrogen functional groups attached to an aromatic ring is 1. The van der Waals surface area contributed by atoms with Gasteiger partial charge in [0, 0.05) is 5.69 Å². The second-order valence-electron chi connectivity index (χ2n) is 5.49. The van der Waals surface area contributed by atoms with Crippen LogP contribution in [0.15, 0.2) is 24.3 Å². The van der Waals surface area contributed by atoms with Gasteiger partial charge < -0.3 is 21.3 Å². The Morgan fingerprint density at radius 2 is 1.57 bits per heavy atom. The van der Waals surface area contributed by atoms with Crippen molar-refractivity contribution in [3.8, 4) is 0 Å². The lowest BCUT2D eigenvalue weighted by molar-refractivity contribution is -0.154. The van der Waals surface area contributed by atoms with Gasteiger partial charge >= 0.3 is 11.9 Å². The molecule has 0 unspecified atom stereocenters. The molecule has 0 fully saturated rings. The summed E-state index contributed by atoms with van der Waals surface area (Å²) >= 11 is 0. The first-order valence-electron chi connectivity index (χ1n) is 7.36. The first kappa shape index (κ1) is 18.5. The lowest BCUT2D eigenvalue weighted by atomic mass is 9.76. The van der Waals surface area contributed by atoms with Crippen molar-refractivity contribution < 1.29 is 24.6 Å². The summed E-state index contributed by atoms with van der Waals surface area (Å²) in [6.45, 7) is 3.63. The molecular weight excluding hydrogens is 300 g/mol. The van der Waals surface area contributed by atoms with Crippen molar-refractivity contribution >= 4 is 23.5 Å². The van der Waals surface area contributed by atoms with E-state index >= 15 is 0 Å². The number of benzene rings is 1. The summed E-state index contributed by atoms with van der Waals surface area (Å²) in [4.78, 5) is 34.5. The first-order chi connectivity index (χ1) is 10.8. The highest BCUT2D eigenvalue weighted by atomic mass is 16.4. The predicted molar refractivity (Wildman–Crippen MR) is 84.8 cm³/mol. The normalized spacial score (nSPS) is 11.3. The number of hydrogen-bond donors (Lipinski definition) is 4. The van der Waals surface area contributed by atoms with Gasteiger partial charge in [-0.05, 0) is 37.0 Å². The fourth-order valence-electron chi connectivity index (χ4n) is 2.44. The lowest BCUT2D eigenvalue weighted by Crippen LogP contribution is -2.52. The monoisotopic (exact) mass is 322 g/mol.